The molecular weight excluding hydrogens is 853 g/mol. The van der Waals surface area contributed by atoms with E-state index in [0.717, 1.165) is 12.0 Å². The normalized spacial score (nSPS) is 24.8. The zero-order chi connectivity index (χ0) is 47.0. The van der Waals surface area contributed by atoms with Gasteiger partial charge in [-0.05, 0) is 142 Å². The molecule has 2 aliphatic carbocycles. The first kappa shape index (κ1) is 49.9. The van der Waals surface area contributed by atoms with Gasteiger partial charge in [-0.2, -0.15) is 0 Å². The highest BCUT2D eigenvalue weighted by Crippen LogP contribution is 2.48. The molecular formula is C52H66F2NO9S+. The Hall–Kier alpha value is -4.56. The molecule has 13 heteroatoms. The number of aliphatic hydroxyl groups is 3. The monoisotopic (exact) mass is 918 g/mol. The predicted octanol–water partition coefficient (Wildman–Crippen LogP) is 9.30. The molecule has 352 valence electrons. The van der Waals surface area contributed by atoms with Crippen molar-refractivity contribution in [3.05, 3.63) is 119 Å². The summed E-state index contributed by atoms with van der Waals surface area (Å²) in [6.45, 7) is 10.2. The van der Waals surface area contributed by atoms with Gasteiger partial charge in [0.1, 0.15) is 30.6 Å². The highest BCUT2D eigenvalue weighted by molar-refractivity contribution is 7.92. The van der Waals surface area contributed by atoms with Crippen molar-refractivity contribution >= 4 is 34.7 Å². The molecule has 0 aromatic heterocycles. The molecule has 11 unspecified atom stereocenters. The molecule has 0 spiro atoms. The third-order valence-electron chi connectivity index (χ3n) is 13.5. The Balaban J connectivity index is 0.948. The van der Waals surface area contributed by atoms with Crippen LogP contribution in [0.25, 0.3) is 0 Å². The van der Waals surface area contributed by atoms with Crippen LogP contribution in [0, 0.1) is 46.6 Å². The average molecular weight is 919 g/mol. The number of hydrogen-bond acceptors (Lipinski definition) is 9. The minimum atomic E-state index is -1.07. The molecule has 11 atom stereocenters. The van der Waals surface area contributed by atoms with Gasteiger partial charge in [-0.1, -0.05) is 63.3 Å². The summed E-state index contributed by atoms with van der Waals surface area (Å²) >= 11 is -0.636. The second-order valence-corrected chi connectivity index (χ2v) is 20.5. The number of hydrogen-bond donors (Lipinski definition) is 3. The molecule has 1 amide bonds. The molecule has 1 heterocycles. The molecule has 6 rings (SSSR count). The number of esters is 2. The van der Waals surface area contributed by atoms with Crippen LogP contribution in [0.5, 0.6) is 5.75 Å². The van der Waals surface area contributed by atoms with Crippen LogP contribution in [-0.4, -0.2) is 70.1 Å². The SMILES string of the molecule is CCC(C)(C)C(=O)OC1CC(C)C=C2C=CC(C)C(CCC(O)CC(O)CC(=O)OCC[S+](C)Oc3ccc(C4C(CCC(O)c5ccc(F)cc5)C(=O)N4c4ccc(F)cc4)cc3)C21. The minimum absolute atomic E-state index is 0.0294. The Labute approximate surface area is 385 Å². The molecule has 0 bridgehead atoms. The van der Waals surface area contributed by atoms with Crippen LogP contribution in [-0.2, 0) is 35.0 Å². The van der Waals surface area contributed by atoms with Gasteiger partial charge >= 0.3 is 11.9 Å². The summed E-state index contributed by atoms with van der Waals surface area (Å²) in [4.78, 5) is 41.0. The maximum atomic E-state index is 13.8. The number of fused-ring (bicyclic) bond motifs is 1. The van der Waals surface area contributed by atoms with E-state index in [4.69, 9.17) is 13.7 Å². The van der Waals surface area contributed by atoms with Crippen molar-refractivity contribution in [2.45, 2.75) is 116 Å². The number of halogens is 2. The highest BCUT2D eigenvalue weighted by atomic mass is 32.2. The Kier molecular flexibility index (Phi) is 17.1. The van der Waals surface area contributed by atoms with Crippen molar-refractivity contribution in [2.24, 2.45) is 35.0 Å². The largest absolute Gasteiger partial charge is 0.461 e. The van der Waals surface area contributed by atoms with E-state index in [1.807, 2.05) is 39.2 Å². The first-order chi connectivity index (χ1) is 30.9. The number of allylic oxidation sites excluding steroid dienone is 3. The van der Waals surface area contributed by atoms with Crippen LogP contribution in [0.1, 0.15) is 109 Å². The molecule has 1 aliphatic heterocycles. The third-order valence-corrected chi connectivity index (χ3v) is 14.7. The Bertz CT molecular complexity index is 2130. The van der Waals surface area contributed by atoms with Gasteiger partial charge < -0.3 is 29.7 Å². The molecule has 3 aromatic carbocycles. The first-order valence-electron chi connectivity index (χ1n) is 23.0. The van der Waals surface area contributed by atoms with E-state index < -0.39 is 58.4 Å². The highest BCUT2D eigenvalue weighted by Gasteiger charge is 2.49. The van der Waals surface area contributed by atoms with Crippen molar-refractivity contribution < 1.29 is 52.1 Å². The molecule has 0 radical (unpaired) electrons. The minimum Gasteiger partial charge on any atom is -0.461 e. The summed E-state index contributed by atoms with van der Waals surface area (Å²) in [5.74, 6) is -0.487. The fourth-order valence-corrected chi connectivity index (χ4v) is 10.1. The van der Waals surface area contributed by atoms with Gasteiger partial charge in [0.2, 0.25) is 5.91 Å². The van der Waals surface area contributed by atoms with E-state index in [-0.39, 0.29) is 67.1 Å². The lowest BCUT2D eigenvalue weighted by Gasteiger charge is -2.48. The van der Waals surface area contributed by atoms with Gasteiger partial charge in [0, 0.05) is 11.6 Å². The average Bonchev–Trinajstić information content (AvgIpc) is 3.26. The fourth-order valence-electron chi connectivity index (χ4n) is 9.30. The number of aliphatic hydroxyl groups excluding tert-OH is 3. The zero-order valence-electron chi connectivity index (χ0n) is 38.4. The number of rotatable bonds is 21. The van der Waals surface area contributed by atoms with E-state index in [1.165, 1.54) is 42.0 Å². The van der Waals surface area contributed by atoms with E-state index >= 15 is 0 Å². The Morgan fingerprint density at radius 2 is 1.57 bits per heavy atom. The van der Waals surface area contributed by atoms with Gasteiger partial charge in [-0.3, -0.25) is 18.6 Å². The van der Waals surface area contributed by atoms with Crippen molar-refractivity contribution in [2.75, 3.05) is 23.5 Å². The number of ether oxygens (including phenoxy) is 2. The summed E-state index contributed by atoms with van der Waals surface area (Å²) in [6.07, 6.45) is 8.47. The lowest BCUT2D eigenvalue weighted by molar-refractivity contribution is -0.164. The van der Waals surface area contributed by atoms with Gasteiger partial charge in [0.25, 0.3) is 0 Å². The van der Waals surface area contributed by atoms with Crippen LogP contribution >= 0.6 is 0 Å². The van der Waals surface area contributed by atoms with E-state index in [0.29, 0.717) is 54.9 Å². The molecule has 3 aliphatic rings. The molecule has 10 nitrogen and oxygen atoms in total. The third kappa shape index (κ3) is 12.9. The standard InChI is InChI=1S/C52H66F2NO9S/c1-7-52(4,5)51(61)63-46-29-32(2)28-36-9-8-33(3)43(48(36)46)23-20-40(56)30-41(57)31-47(59)62-26-27-65(6)64-42-21-12-35(13-22-42)49-44(24-25-45(58)34-10-14-37(53)15-11-34)50(60)55(49)39-18-16-38(54)17-19-39/h8-19,21-22,28,32-33,40-41,43-46,48-49,56-58H,7,20,23-27,29-31H2,1-6H3/q+1. The summed E-state index contributed by atoms with van der Waals surface area (Å²) in [5, 5.41) is 32.5. The topological polar surface area (TPSA) is 143 Å². The summed E-state index contributed by atoms with van der Waals surface area (Å²) < 4.78 is 45.0. The van der Waals surface area contributed by atoms with E-state index in [9.17, 15) is 38.5 Å². The predicted molar refractivity (Wildman–Crippen MR) is 248 cm³/mol. The number of anilines is 1. The van der Waals surface area contributed by atoms with Gasteiger partial charge in [-0.25, -0.2) is 8.78 Å². The van der Waals surface area contributed by atoms with Crippen molar-refractivity contribution in [1.82, 2.24) is 0 Å². The summed E-state index contributed by atoms with van der Waals surface area (Å²) in [6, 6.07) is 18.4. The molecule has 0 saturated carbocycles. The van der Waals surface area contributed by atoms with Crippen LogP contribution in [0.3, 0.4) is 0 Å². The number of benzene rings is 3. The lowest BCUT2D eigenvalue weighted by atomic mass is 9.65. The van der Waals surface area contributed by atoms with E-state index in [1.54, 1.807) is 29.2 Å². The molecule has 65 heavy (non-hydrogen) atoms. The van der Waals surface area contributed by atoms with Gasteiger partial charge in [0.15, 0.2) is 22.7 Å². The molecule has 3 aromatic rings. The van der Waals surface area contributed by atoms with Crippen LogP contribution < -0.4 is 9.08 Å². The number of carbonyl (C=O) groups is 3. The van der Waals surface area contributed by atoms with Crippen molar-refractivity contribution in [3.8, 4) is 5.75 Å². The van der Waals surface area contributed by atoms with Gasteiger partial charge in [0.05, 0.1) is 42.1 Å². The maximum absolute atomic E-state index is 13.8. The second kappa shape index (κ2) is 22.3. The smallest absolute Gasteiger partial charge is 0.311 e. The molecule has 1 fully saturated rings. The lowest BCUT2D eigenvalue weighted by Crippen LogP contribution is -2.55. The number of nitrogens with zero attached hydrogens (tertiary/aromatic N) is 1. The van der Waals surface area contributed by atoms with Crippen LogP contribution in [0.15, 0.2) is 96.6 Å². The Morgan fingerprint density at radius 1 is 0.908 bits per heavy atom. The van der Waals surface area contributed by atoms with E-state index in [2.05, 4.69) is 32.1 Å². The zero-order valence-corrected chi connectivity index (χ0v) is 39.2. The van der Waals surface area contributed by atoms with Crippen molar-refractivity contribution in [1.29, 1.82) is 0 Å². The van der Waals surface area contributed by atoms with Crippen LogP contribution in [0.2, 0.25) is 0 Å². The number of β-lactam (4-membered cyclic amide) rings is 1. The summed E-state index contributed by atoms with van der Waals surface area (Å²) in [5.41, 5.74) is 2.57. The Morgan fingerprint density at radius 3 is 2.23 bits per heavy atom. The van der Waals surface area contributed by atoms with Crippen LogP contribution in [0.4, 0.5) is 14.5 Å². The van der Waals surface area contributed by atoms with Crippen molar-refractivity contribution in [3.63, 3.8) is 0 Å². The summed E-state index contributed by atoms with van der Waals surface area (Å²) in [7, 11) is 0. The maximum Gasteiger partial charge on any atom is 0.311 e. The molecule has 1 saturated heterocycles. The molecule has 3 N–H and O–H groups in total. The van der Waals surface area contributed by atoms with Gasteiger partial charge in [-0.15, -0.1) is 0 Å². The first-order valence-corrected chi connectivity index (χ1v) is 24.7. The quantitative estimate of drug-likeness (QED) is 0.0542. The number of amides is 1. The second-order valence-electron chi connectivity index (χ2n) is 18.8. The fraction of sp³-hybridized carbons (Fsp3) is 0.519. The number of carbonyl (C=O) groups excluding carboxylic acids is 3.